The Balaban J connectivity index is 1.60. The molecule has 0 aromatic heterocycles. The van der Waals surface area contributed by atoms with Gasteiger partial charge in [0.25, 0.3) is 0 Å². The van der Waals surface area contributed by atoms with Gasteiger partial charge in [-0.2, -0.15) is 0 Å². The van der Waals surface area contributed by atoms with Crippen molar-refractivity contribution in [3.8, 4) is 0 Å². The number of carbonyl (C=O) groups excluding carboxylic acids is 1. The summed E-state index contributed by atoms with van der Waals surface area (Å²) < 4.78 is 5.25. The third kappa shape index (κ3) is 6.64. The number of hydrogen-bond donors (Lipinski definition) is 3. The Morgan fingerprint density at radius 3 is 2.35 bits per heavy atom. The van der Waals surface area contributed by atoms with Crippen LogP contribution in [0.5, 0.6) is 0 Å². The van der Waals surface area contributed by atoms with Gasteiger partial charge in [-0.05, 0) is 56.9 Å². The van der Waals surface area contributed by atoms with Crippen LogP contribution >= 0.6 is 0 Å². The van der Waals surface area contributed by atoms with Crippen molar-refractivity contribution in [2.75, 3.05) is 11.9 Å². The summed E-state index contributed by atoms with van der Waals surface area (Å²) in [4.78, 5) is 25.0. The van der Waals surface area contributed by atoms with E-state index in [1.54, 1.807) is 0 Å². The average molecular weight is 426 g/mol. The van der Waals surface area contributed by atoms with Gasteiger partial charge in [0.05, 0.1) is 6.04 Å². The Bertz CT molecular complexity index is 878. The van der Waals surface area contributed by atoms with Crippen LogP contribution in [-0.2, 0) is 17.7 Å². The van der Waals surface area contributed by atoms with Crippen molar-refractivity contribution in [1.82, 2.24) is 10.2 Å². The second kappa shape index (κ2) is 9.73. The highest BCUT2D eigenvalue weighted by atomic mass is 16.6. The Labute approximate surface area is 183 Å². The molecule has 1 fully saturated rings. The number of nitrogens with zero attached hydrogens (tertiary/aromatic N) is 1. The first-order valence-electron chi connectivity index (χ1n) is 10.6. The van der Waals surface area contributed by atoms with E-state index in [9.17, 15) is 14.7 Å². The van der Waals surface area contributed by atoms with Crippen LogP contribution in [-0.4, -0.2) is 46.4 Å². The zero-order valence-electron chi connectivity index (χ0n) is 18.3. The van der Waals surface area contributed by atoms with Gasteiger partial charge in [-0.15, -0.1) is 0 Å². The van der Waals surface area contributed by atoms with E-state index in [-0.39, 0.29) is 12.1 Å². The summed E-state index contributed by atoms with van der Waals surface area (Å²) in [6.07, 6.45) is 0.0982. The van der Waals surface area contributed by atoms with E-state index in [1.807, 2.05) is 75.4 Å². The lowest BCUT2D eigenvalue weighted by Crippen LogP contribution is -2.42. The van der Waals surface area contributed by atoms with Crippen molar-refractivity contribution in [1.29, 1.82) is 0 Å². The molecule has 1 aliphatic rings. The molecule has 2 amide bonds. The van der Waals surface area contributed by atoms with E-state index in [2.05, 4.69) is 10.6 Å². The van der Waals surface area contributed by atoms with Gasteiger partial charge in [0.15, 0.2) is 0 Å². The molecule has 7 nitrogen and oxygen atoms in total. The van der Waals surface area contributed by atoms with Crippen LogP contribution in [0.2, 0.25) is 0 Å². The molecule has 2 atom stereocenters. The minimum Gasteiger partial charge on any atom is -0.465 e. The quantitative estimate of drug-likeness (QED) is 0.634. The average Bonchev–Trinajstić information content (AvgIpc) is 3.09. The molecule has 3 N–H and O–H groups in total. The lowest BCUT2D eigenvalue weighted by atomic mass is 10.00. The molecule has 7 heteroatoms. The van der Waals surface area contributed by atoms with E-state index in [0.717, 1.165) is 23.2 Å². The Morgan fingerprint density at radius 1 is 1.06 bits per heavy atom. The zero-order chi connectivity index (χ0) is 22.4. The number of carboxylic acid groups (broad SMARTS) is 1. The Kier molecular flexibility index (Phi) is 7.05. The van der Waals surface area contributed by atoms with Crippen molar-refractivity contribution in [2.45, 2.75) is 57.8 Å². The van der Waals surface area contributed by atoms with Gasteiger partial charge < -0.3 is 25.4 Å². The lowest BCUT2D eigenvalue weighted by molar-refractivity contribution is 0.0523. The van der Waals surface area contributed by atoms with Crippen molar-refractivity contribution in [3.63, 3.8) is 0 Å². The third-order valence-corrected chi connectivity index (χ3v) is 5.22. The van der Waals surface area contributed by atoms with Gasteiger partial charge in [-0.25, -0.2) is 9.59 Å². The van der Waals surface area contributed by atoms with Gasteiger partial charge >= 0.3 is 12.2 Å². The number of likely N-dealkylation sites (tertiary alicyclic amines) is 1. The lowest BCUT2D eigenvalue weighted by Gasteiger charge is -2.27. The second-order valence-electron chi connectivity index (χ2n) is 8.82. The minimum atomic E-state index is -0.881. The summed E-state index contributed by atoms with van der Waals surface area (Å²) in [6, 6.07) is 17.7. The van der Waals surface area contributed by atoms with Crippen LogP contribution in [0.4, 0.5) is 15.3 Å². The molecule has 1 aliphatic heterocycles. The number of rotatable bonds is 6. The normalized spacial score (nSPS) is 18.5. The molecule has 0 aliphatic carbocycles. The van der Waals surface area contributed by atoms with Crippen LogP contribution in [0.1, 0.15) is 38.3 Å². The van der Waals surface area contributed by atoms with Gasteiger partial charge in [0.2, 0.25) is 0 Å². The second-order valence-corrected chi connectivity index (χ2v) is 8.82. The molecule has 0 radical (unpaired) electrons. The maximum atomic E-state index is 11.8. The summed E-state index contributed by atoms with van der Waals surface area (Å²) in [6.45, 7) is 6.37. The molecule has 1 saturated heterocycles. The Hall–Kier alpha value is -3.22. The molecule has 2 aromatic carbocycles. The van der Waals surface area contributed by atoms with Crippen molar-refractivity contribution in [3.05, 3.63) is 65.7 Å². The van der Waals surface area contributed by atoms with Crippen molar-refractivity contribution in [2.24, 2.45) is 0 Å². The molecule has 0 bridgehead atoms. The first-order valence-corrected chi connectivity index (χ1v) is 10.6. The predicted molar refractivity (Wildman–Crippen MR) is 120 cm³/mol. The van der Waals surface area contributed by atoms with Gasteiger partial charge in [0, 0.05) is 24.8 Å². The molecule has 0 spiro atoms. The van der Waals surface area contributed by atoms with E-state index in [0.29, 0.717) is 19.5 Å². The van der Waals surface area contributed by atoms with Gasteiger partial charge in [0.1, 0.15) is 5.60 Å². The summed E-state index contributed by atoms with van der Waals surface area (Å²) >= 11 is 0. The number of nitrogens with one attached hydrogen (secondary N) is 2. The first-order chi connectivity index (χ1) is 14.7. The number of hydrogen-bond acceptors (Lipinski definition) is 4. The number of ether oxygens (including phenoxy) is 1. The molecule has 0 saturated carbocycles. The monoisotopic (exact) mass is 425 g/mol. The molecule has 2 aromatic rings. The molecular weight excluding hydrogens is 394 g/mol. The summed E-state index contributed by atoms with van der Waals surface area (Å²) in [7, 11) is 0. The number of anilines is 1. The molecule has 2 unspecified atom stereocenters. The number of alkyl carbamates (subject to hydrolysis) is 1. The van der Waals surface area contributed by atoms with Gasteiger partial charge in [-0.1, -0.05) is 42.5 Å². The highest BCUT2D eigenvalue weighted by Gasteiger charge is 2.37. The third-order valence-electron chi connectivity index (χ3n) is 5.22. The zero-order valence-corrected chi connectivity index (χ0v) is 18.3. The fourth-order valence-electron chi connectivity index (χ4n) is 3.79. The minimum absolute atomic E-state index is 0.0297. The molecule has 1 heterocycles. The molecule has 31 heavy (non-hydrogen) atoms. The number of benzene rings is 2. The molecule has 3 rings (SSSR count). The van der Waals surface area contributed by atoms with Crippen LogP contribution in [0, 0.1) is 0 Å². The van der Waals surface area contributed by atoms with Crippen LogP contribution in [0.3, 0.4) is 0 Å². The van der Waals surface area contributed by atoms with Gasteiger partial charge in [-0.3, -0.25) is 0 Å². The van der Waals surface area contributed by atoms with E-state index in [4.69, 9.17) is 4.74 Å². The van der Waals surface area contributed by atoms with E-state index >= 15 is 0 Å². The molecule has 166 valence electrons. The maximum absolute atomic E-state index is 11.8. The van der Waals surface area contributed by atoms with Crippen LogP contribution in [0.15, 0.2) is 54.6 Å². The maximum Gasteiger partial charge on any atom is 0.407 e. The fraction of sp³-hybridized carbons (Fsp3) is 0.417. The topological polar surface area (TPSA) is 90.9 Å². The Morgan fingerprint density at radius 2 is 1.74 bits per heavy atom. The first kappa shape index (κ1) is 22.5. The van der Waals surface area contributed by atoms with Crippen molar-refractivity contribution < 1.29 is 19.4 Å². The van der Waals surface area contributed by atoms with Crippen LogP contribution in [0.25, 0.3) is 0 Å². The highest BCUT2D eigenvalue weighted by Crippen LogP contribution is 2.25. The van der Waals surface area contributed by atoms with Crippen LogP contribution < -0.4 is 10.6 Å². The van der Waals surface area contributed by atoms with E-state index < -0.39 is 17.8 Å². The summed E-state index contributed by atoms with van der Waals surface area (Å²) in [5.41, 5.74) is 2.47. The van der Waals surface area contributed by atoms with E-state index in [1.165, 1.54) is 4.90 Å². The SMILES string of the molecule is CC(C)(C)OC(=O)NCc1ccc(NC2CCN(C(=O)O)C2Cc2ccccc2)cc1. The molecular formula is C24H31N3O4. The standard InChI is InChI=1S/C24H31N3O4/c1-24(2,3)31-22(28)25-16-18-9-11-19(12-10-18)26-20-13-14-27(23(29)30)21(20)15-17-7-5-4-6-8-17/h4-12,20-21,26H,13-16H2,1-3H3,(H,25,28)(H,29,30). The summed E-state index contributed by atoms with van der Waals surface area (Å²) in [5.74, 6) is 0. The van der Waals surface area contributed by atoms with Crippen molar-refractivity contribution >= 4 is 17.9 Å². The number of amides is 2. The number of carbonyl (C=O) groups is 2. The smallest absolute Gasteiger partial charge is 0.407 e. The highest BCUT2D eigenvalue weighted by molar-refractivity contribution is 5.68. The fourth-order valence-corrected chi connectivity index (χ4v) is 3.79. The largest absolute Gasteiger partial charge is 0.465 e. The summed E-state index contributed by atoms with van der Waals surface area (Å²) in [5, 5.41) is 15.9. The predicted octanol–water partition coefficient (Wildman–Crippen LogP) is 4.49.